The van der Waals surface area contributed by atoms with Crippen molar-refractivity contribution in [3.8, 4) is 0 Å². The fourth-order valence-corrected chi connectivity index (χ4v) is 3.59. The maximum Gasteiger partial charge on any atom is 0.142 e. The van der Waals surface area contributed by atoms with Crippen molar-refractivity contribution in [1.82, 2.24) is 0 Å². The van der Waals surface area contributed by atoms with E-state index in [1.807, 2.05) is 6.07 Å². The summed E-state index contributed by atoms with van der Waals surface area (Å²) in [7, 11) is 0. The highest BCUT2D eigenvalue weighted by Crippen LogP contribution is 2.36. The summed E-state index contributed by atoms with van der Waals surface area (Å²) >= 11 is 6.14. The molecule has 0 aromatic heterocycles. The van der Waals surface area contributed by atoms with E-state index >= 15 is 0 Å². The van der Waals surface area contributed by atoms with Gasteiger partial charge in [0.2, 0.25) is 0 Å². The van der Waals surface area contributed by atoms with E-state index in [1.165, 1.54) is 22.3 Å². The second kappa shape index (κ2) is 9.37. The molecule has 0 radical (unpaired) electrons. The Bertz CT molecular complexity index is 772. The standard InChI is InChI=1S/C24H30ClF/c1-6-8-9-21(22-15-23(25)24(26)14-19(22)7-2)18(5)17(4)20-12-10-16(3)11-13-20/h10-15,17H,6-9H2,1-5H3/b21-18+. The monoisotopic (exact) mass is 372 g/mol. The summed E-state index contributed by atoms with van der Waals surface area (Å²) in [6, 6.07) is 12.2. The van der Waals surface area contributed by atoms with Gasteiger partial charge in [0.05, 0.1) is 5.02 Å². The average Bonchev–Trinajstić information content (AvgIpc) is 2.64. The number of halogens is 2. The summed E-state index contributed by atoms with van der Waals surface area (Å²) in [6.07, 6.45) is 4.04. The van der Waals surface area contributed by atoms with Gasteiger partial charge in [0.15, 0.2) is 0 Å². The lowest BCUT2D eigenvalue weighted by Crippen LogP contribution is -2.03. The van der Waals surface area contributed by atoms with Crippen LogP contribution >= 0.6 is 11.6 Å². The Kier molecular flexibility index (Phi) is 7.46. The molecule has 0 bridgehead atoms. The van der Waals surface area contributed by atoms with Crippen LogP contribution in [0, 0.1) is 12.7 Å². The van der Waals surface area contributed by atoms with E-state index < -0.39 is 0 Å². The maximum atomic E-state index is 14.0. The largest absolute Gasteiger partial charge is 0.205 e. The van der Waals surface area contributed by atoms with Crippen molar-refractivity contribution in [1.29, 1.82) is 0 Å². The quantitative estimate of drug-likeness (QED) is 0.460. The van der Waals surface area contributed by atoms with E-state index in [1.54, 1.807) is 6.07 Å². The molecule has 0 saturated heterocycles. The number of hydrogen-bond donors (Lipinski definition) is 0. The van der Waals surface area contributed by atoms with Crippen molar-refractivity contribution in [3.63, 3.8) is 0 Å². The predicted octanol–water partition coefficient (Wildman–Crippen LogP) is 8.12. The average molecular weight is 373 g/mol. The zero-order valence-corrected chi connectivity index (χ0v) is 17.4. The fourth-order valence-electron chi connectivity index (χ4n) is 3.43. The molecular weight excluding hydrogens is 343 g/mol. The maximum absolute atomic E-state index is 14.0. The molecule has 0 nitrogen and oxygen atoms in total. The Labute approximate surface area is 163 Å². The van der Waals surface area contributed by atoms with Gasteiger partial charge in [0.25, 0.3) is 0 Å². The Morgan fingerprint density at radius 2 is 1.77 bits per heavy atom. The minimum Gasteiger partial charge on any atom is -0.205 e. The number of aryl methyl sites for hydroxylation is 2. The van der Waals surface area contributed by atoms with E-state index in [-0.39, 0.29) is 10.8 Å². The zero-order chi connectivity index (χ0) is 19.3. The van der Waals surface area contributed by atoms with Crippen LogP contribution in [-0.4, -0.2) is 0 Å². The molecule has 0 spiro atoms. The summed E-state index contributed by atoms with van der Waals surface area (Å²) in [5.41, 5.74) is 7.40. The molecule has 0 fully saturated rings. The van der Waals surface area contributed by atoms with Crippen LogP contribution in [0.15, 0.2) is 42.0 Å². The molecule has 1 unspecified atom stereocenters. The first-order chi connectivity index (χ1) is 12.4. The molecule has 2 rings (SSSR count). The smallest absolute Gasteiger partial charge is 0.142 e. The lowest BCUT2D eigenvalue weighted by Gasteiger charge is -2.21. The summed E-state index contributed by atoms with van der Waals surface area (Å²) < 4.78 is 14.0. The van der Waals surface area contributed by atoms with E-state index in [2.05, 4.69) is 58.9 Å². The molecule has 0 aliphatic carbocycles. The number of hydrogen-bond acceptors (Lipinski definition) is 0. The minimum absolute atomic E-state index is 0.210. The van der Waals surface area contributed by atoms with Gasteiger partial charge in [-0.15, -0.1) is 0 Å². The van der Waals surface area contributed by atoms with Crippen molar-refractivity contribution in [2.75, 3.05) is 0 Å². The highest BCUT2D eigenvalue weighted by atomic mass is 35.5. The molecule has 140 valence electrons. The van der Waals surface area contributed by atoms with Gasteiger partial charge in [-0.25, -0.2) is 4.39 Å². The molecule has 2 aromatic rings. The third-order valence-electron chi connectivity index (χ3n) is 5.34. The first-order valence-corrected chi connectivity index (χ1v) is 10.0. The number of allylic oxidation sites excluding steroid dienone is 2. The van der Waals surface area contributed by atoms with Gasteiger partial charge in [-0.2, -0.15) is 0 Å². The molecule has 0 N–H and O–H groups in total. The van der Waals surface area contributed by atoms with Crippen molar-refractivity contribution in [3.05, 3.63) is 75.1 Å². The van der Waals surface area contributed by atoms with Gasteiger partial charge < -0.3 is 0 Å². The second-order valence-corrected chi connectivity index (χ2v) is 7.58. The van der Waals surface area contributed by atoms with E-state index in [0.717, 1.165) is 36.8 Å². The molecule has 0 aliphatic heterocycles. The van der Waals surface area contributed by atoms with Crippen LogP contribution in [0.1, 0.15) is 75.1 Å². The fraction of sp³-hybridized carbons (Fsp3) is 0.417. The van der Waals surface area contributed by atoms with Crippen LogP contribution in [0.4, 0.5) is 4.39 Å². The van der Waals surface area contributed by atoms with Gasteiger partial charge in [-0.3, -0.25) is 0 Å². The van der Waals surface area contributed by atoms with E-state index in [9.17, 15) is 4.39 Å². The summed E-state index contributed by atoms with van der Waals surface area (Å²) in [5, 5.41) is 0.210. The van der Waals surface area contributed by atoms with Gasteiger partial charge in [0, 0.05) is 5.92 Å². The number of unbranched alkanes of at least 4 members (excludes halogenated alkanes) is 1. The summed E-state index contributed by atoms with van der Waals surface area (Å²) in [6.45, 7) is 10.9. The van der Waals surface area contributed by atoms with Gasteiger partial charge >= 0.3 is 0 Å². The molecule has 0 saturated carbocycles. The van der Waals surface area contributed by atoms with E-state index in [4.69, 9.17) is 11.6 Å². The molecule has 0 amide bonds. The second-order valence-electron chi connectivity index (χ2n) is 7.17. The van der Waals surface area contributed by atoms with Gasteiger partial charge in [-0.05, 0) is 67.5 Å². The highest BCUT2D eigenvalue weighted by molar-refractivity contribution is 6.31. The Hall–Kier alpha value is -1.60. The summed E-state index contributed by atoms with van der Waals surface area (Å²) in [4.78, 5) is 0. The summed E-state index contributed by atoms with van der Waals surface area (Å²) in [5.74, 6) is -0.0117. The van der Waals surface area contributed by atoms with Crippen LogP contribution in [0.3, 0.4) is 0 Å². The zero-order valence-electron chi connectivity index (χ0n) is 16.6. The van der Waals surface area contributed by atoms with Crippen molar-refractivity contribution >= 4 is 17.2 Å². The molecule has 2 heteroatoms. The lowest BCUT2D eigenvalue weighted by molar-refractivity contribution is 0.625. The van der Waals surface area contributed by atoms with Crippen LogP contribution in [0.5, 0.6) is 0 Å². The van der Waals surface area contributed by atoms with Gasteiger partial charge in [-0.1, -0.05) is 74.2 Å². The molecule has 1 atom stereocenters. The van der Waals surface area contributed by atoms with Crippen LogP contribution in [-0.2, 0) is 6.42 Å². The number of benzene rings is 2. The highest BCUT2D eigenvalue weighted by Gasteiger charge is 2.17. The predicted molar refractivity (Wildman–Crippen MR) is 113 cm³/mol. The van der Waals surface area contributed by atoms with Crippen LogP contribution in [0.2, 0.25) is 5.02 Å². The normalized spacial score (nSPS) is 13.5. The van der Waals surface area contributed by atoms with Gasteiger partial charge in [0.1, 0.15) is 5.82 Å². The third kappa shape index (κ3) is 4.76. The van der Waals surface area contributed by atoms with Crippen LogP contribution < -0.4 is 0 Å². The molecule has 2 aromatic carbocycles. The first kappa shape index (κ1) is 20.7. The lowest BCUT2D eigenvalue weighted by atomic mass is 9.84. The topological polar surface area (TPSA) is 0 Å². The Morgan fingerprint density at radius 3 is 2.35 bits per heavy atom. The Morgan fingerprint density at radius 1 is 1.12 bits per heavy atom. The Balaban J connectivity index is 2.56. The molecule has 0 heterocycles. The minimum atomic E-state index is -0.327. The van der Waals surface area contributed by atoms with Crippen molar-refractivity contribution < 1.29 is 4.39 Å². The van der Waals surface area contributed by atoms with Crippen molar-refractivity contribution in [2.24, 2.45) is 0 Å². The van der Waals surface area contributed by atoms with E-state index in [0.29, 0.717) is 5.92 Å². The molecule has 0 aliphatic rings. The SMILES string of the molecule is CCCC/C(=C(/C)C(C)c1ccc(C)cc1)c1cc(Cl)c(F)cc1CC. The van der Waals surface area contributed by atoms with Crippen molar-refractivity contribution in [2.45, 2.75) is 66.2 Å². The third-order valence-corrected chi connectivity index (χ3v) is 5.62. The number of rotatable bonds is 7. The first-order valence-electron chi connectivity index (χ1n) is 9.63. The van der Waals surface area contributed by atoms with Crippen LogP contribution in [0.25, 0.3) is 5.57 Å². The molecular formula is C24H30ClF. The molecule has 26 heavy (non-hydrogen) atoms.